The molecule has 1 aromatic heterocycles. The van der Waals surface area contributed by atoms with Gasteiger partial charge in [0, 0.05) is 50.3 Å². The molecule has 1 fully saturated rings. The van der Waals surface area contributed by atoms with Crippen LogP contribution in [0.4, 0.5) is 10.2 Å². The minimum Gasteiger partial charge on any atom is -0.353 e. The van der Waals surface area contributed by atoms with Gasteiger partial charge in [-0.05, 0) is 29.8 Å². The molecule has 0 saturated carbocycles. The molecule has 1 aliphatic heterocycles. The molecule has 0 radical (unpaired) electrons. The molecule has 0 unspecified atom stereocenters. The first-order valence-electron chi connectivity index (χ1n) is 8.48. The molecule has 0 bridgehead atoms. The van der Waals surface area contributed by atoms with Crippen LogP contribution in [-0.4, -0.2) is 47.7 Å². The summed E-state index contributed by atoms with van der Waals surface area (Å²) in [6, 6.07) is 12.4. The van der Waals surface area contributed by atoms with Crippen LogP contribution in [-0.2, 0) is 10.5 Å². The van der Waals surface area contributed by atoms with Crippen molar-refractivity contribution in [3.63, 3.8) is 0 Å². The van der Waals surface area contributed by atoms with Crippen LogP contribution in [0.25, 0.3) is 0 Å². The number of amides is 1. The third-order valence-corrected chi connectivity index (χ3v) is 5.28. The van der Waals surface area contributed by atoms with Crippen molar-refractivity contribution in [2.45, 2.75) is 12.2 Å². The molecule has 3 rings (SSSR count). The second-order valence-electron chi connectivity index (χ2n) is 5.98. The van der Waals surface area contributed by atoms with Crippen LogP contribution in [0.1, 0.15) is 12.0 Å². The molecule has 1 saturated heterocycles. The number of nitrogens with zero attached hydrogens (tertiary/aromatic N) is 3. The third-order valence-electron chi connectivity index (χ3n) is 4.25. The lowest BCUT2D eigenvalue weighted by Crippen LogP contribution is -2.49. The summed E-state index contributed by atoms with van der Waals surface area (Å²) in [5.41, 5.74) is 1.09. The van der Waals surface area contributed by atoms with Gasteiger partial charge in [-0.25, -0.2) is 9.37 Å². The largest absolute Gasteiger partial charge is 0.353 e. The van der Waals surface area contributed by atoms with Crippen molar-refractivity contribution in [2.75, 3.05) is 36.8 Å². The summed E-state index contributed by atoms with van der Waals surface area (Å²) in [7, 11) is 0. The van der Waals surface area contributed by atoms with E-state index in [1.807, 2.05) is 23.1 Å². The van der Waals surface area contributed by atoms with Crippen molar-refractivity contribution in [2.24, 2.45) is 0 Å². The average molecular weight is 359 g/mol. The lowest BCUT2D eigenvalue weighted by atomic mass is 10.2. The second-order valence-corrected chi connectivity index (χ2v) is 7.09. The molecule has 1 aliphatic rings. The Labute approximate surface area is 152 Å². The Bertz CT molecular complexity index is 673. The molecule has 2 heterocycles. The summed E-state index contributed by atoms with van der Waals surface area (Å²) in [6.07, 6.45) is 2.35. The molecule has 0 N–H and O–H groups in total. The third kappa shape index (κ3) is 5.19. The fraction of sp³-hybridized carbons (Fsp3) is 0.368. The van der Waals surface area contributed by atoms with Gasteiger partial charge in [-0.3, -0.25) is 4.79 Å². The first-order valence-corrected chi connectivity index (χ1v) is 9.64. The number of thioether (sulfide) groups is 1. The van der Waals surface area contributed by atoms with Gasteiger partial charge < -0.3 is 9.80 Å². The summed E-state index contributed by atoms with van der Waals surface area (Å²) in [5, 5.41) is 0. The van der Waals surface area contributed by atoms with Gasteiger partial charge in [0.25, 0.3) is 0 Å². The Kier molecular flexibility index (Phi) is 6.28. The molecule has 0 atom stereocenters. The van der Waals surface area contributed by atoms with Gasteiger partial charge in [0.15, 0.2) is 0 Å². The lowest BCUT2D eigenvalue weighted by molar-refractivity contribution is -0.131. The SMILES string of the molecule is O=C(CCSCc1ccc(F)cc1)N1CCN(c2ccccn2)CC1. The van der Waals surface area contributed by atoms with Crippen molar-refractivity contribution in [3.05, 3.63) is 60.0 Å². The van der Waals surface area contributed by atoms with Crippen LogP contribution in [0.5, 0.6) is 0 Å². The molecule has 132 valence electrons. The number of pyridine rings is 1. The van der Waals surface area contributed by atoms with E-state index < -0.39 is 0 Å². The smallest absolute Gasteiger partial charge is 0.223 e. The number of halogens is 1. The zero-order valence-electron chi connectivity index (χ0n) is 14.1. The van der Waals surface area contributed by atoms with Crippen LogP contribution < -0.4 is 4.90 Å². The molecule has 4 nitrogen and oxygen atoms in total. The van der Waals surface area contributed by atoms with E-state index >= 15 is 0 Å². The summed E-state index contributed by atoms with van der Waals surface area (Å²) in [4.78, 5) is 20.8. The van der Waals surface area contributed by atoms with E-state index in [2.05, 4.69) is 9.88 Å². The van der Waals surface area contributed by atoms with E-state index in [4.69, 9.17) is 0 Å². The maximum absolute atomic E-state index is 12.9. The highest BCUT2D eigenvalue weighted by Crippen LogP contribution is 2.16. The van der Waals surface area contributed by atoms with Crippen LogP contribution in [0.3, 0.4) is 0 Å². The first kappa shape index (κ1) is 17.7. The van der Waals surface area contributed by atoms with Gasteiger partial charge in [-0.2, -0.15) is 11.8 Å². The van der Waals surface area contributed by atoms with Gasteiger partial charge in [0.1, 0.15) is 11.6 Å². The van der Waals surface area contributed by atoms with E-state index in [9.17, 15) is 9.18 Å². The van der Waals surface area contributed by atoms with Crippen LogP contribution >= 0.6 is 11.8 Å². The molecular weight excluding hydrogens is 337 g/mol. The van der Waals surface area contributed by atoms with E-state index in [-0.39, 0.29) is 11.7 Å². The molecule has 25 heavy (non-hydrogen) atoms. The molecule has 0 aliphatic carbocycles. The number of carbonyl (C=O) groups is 1. The number of aromatic nitrogens is 1. The van der Waals surface area contributed by atoms with Crippen molar-refractivity contribution in [1.29, 1.82) is 0 Å². The Morgan fingerprint density at radius 3 is 2.52 bits per heavy atom. The quantitative estimate of drug-likeness (QED) is 0.742. The van der Waals surface area contributed by atoms with Crippen LogP contribution in [0, 0.1) is 5.82 Å². The van der Waals surface area contributed by atoms with Crippen LogP contribution in [0.2, 0.25) is 0 Å². The minimum atomic E-state index is -0.214. The lowest BCUT2D eigenvalue weighted by Gasteiger charge is -2.35. The van der Waals surface area contributed by atoms with E-state index in [1.54, 1.807) is 30.1 Å². The Balaban J connectivity index is 1.36. The fourth-order valence-corrected chi connectivity index (χ4v) is 3.71. The molecular formula is C19H22FN3OS. The van der Waals surface area contributed by atoms with Gasteiger partial charge in [0.05, 0.1) is 0 Å². The number of piperazine rings is 1. The van der Waals surface area contributed by atoms with E-state index in [0.29, 0.717) is 6.42 Å². The number of hydrogen-bond acceptors (Lipinski definition) is 4. The average Bonchev–Trinajstić information content (AvgIpc) is 2.67. The normalized spacial score (nSPS) is 14.6. The van der Waals surface area contributed by atoms with Crippen molar-refractivity contribution in [1.82, 2.24) is 9.88 Å². The highest BCUT2D eigenvalue weighted by Gasteiger charge is 2.21. The van der Waals surface area contributed by atoms with E-state index in [0.717, 1.165) is 49.1 Å². The Hall–Kier alpha value is -2.08. The van der Waals surface area contributed by atoms with Gasteiger partial charge in [0.2, 0.25) is 5.91 Å². The highest BCUT2D eigenvalue weighted by molar-refractivity contribution is 7.98. The number of anilines is 1. The van der Waals surface area contributed by atoms with E-state index in [1.165, 1.54) is 12.1 Å². The number of rotatable bonds is 6. The predicted molar refractivity (Wildman–Crippen MR) is 100 cm³/mol. The topological polar surface area (TPSA) is 36.4 Å². The second kappa shape index (κ2) is 8.85. The van der Waals surface area contributed by atoms with Crippen LogP contribution in [0.15, 0.2) is 48.7 Å². The number of carbonyl (C=O) groups excluding carboxylic acids is 1. The van der Waals surface area contributed by atoms with Crippen molar-refractivity contribution < 1.29 is 9.18 Å². The van der Waals surface area contributed by atoms with Gasteiger partial charge in [-0.1, -0.05) is 18.2 Å². The molecule has 1 aromatic carbocycles. The standard InChI is InChI=1S/C19H22FN3OS/c20-17-6-4-16(5-7-17)15-25-14-8-19(24)23-12-10-22(11-13-23)18-3-1-2-9-21-18/h1-7,9H,8,10-15H2. The maximum atomic E-state index is 12.9. The predicted octanol–water partition coefficient (Wildman–Crippen LogP) is 3.19. The highest BCUT2D eigenvalue weighted by atomic mass is 32.2. The fourth-order valence-electron chi connectivity index (χ4n) is 2.81. The van der Waals surface area contributed by atoms with Gasteiger partial charge in [-0.15, -0.1) is 0 Å². The summed E-state index contributed by atoms with van der Waals surface area (Å²) >= 11 is 1.71. The summed E-state index contributed by atoms with van der Waals surface area (Å²) in [5.74, 6) is 2.57. The number of benzene rings is 1. The number of hydrogen-bond donors (Lipinski definition) is 0. The first-order chi connectivity index (χ1) is 12.2. The van der Waals surface area contributed by atoms with Gasteiger partial charge >= 0.3 is 0 Å². The van der Waals surface area contributed by atoms with Crippen molar-refractivity contribution >= 4 is 23.5 Å². The van der Waals surface area contributed by atoms with Crippen molar-refractivity contribution in [3.8, 4) is 0 Å². The molecule has 6 heteroatoms. The zero-order valence-corrected chi connectivity index (χ0v) is 14.9. The monoisotopic (exact) mass is 359 g/mol. The molecule has 2 aromatic rings. The Morgan fingerprint density at radius 1 is 1.08 bits per heavy atom. The zero-order chi connectivity index (χ0) is 17.5. The summed E-state index contributed by atoms with van der Waals surface area (Å²) < 4.78 is 12.9. The minimum absolute atomic E-state index is 0.214. The molecule has 0 spiro atoms. The summed E-state index contributed by atoms with van der Waals surface area (Å²) in [6.45, 7) is 3.15. The maximum Gasteiger partial charge on any atom is 0.223 e. The molecule has 1 amide bonds. The Morgan fingerprint density at radius 2 is 1.84 bits per heavy atom.